The second-order valence-corrected chi connectivity index (χ2v) is 5.30. The van der Waals surface area contributed by atoms with Gasteiger partial charge in [0.15, 0.2) is 5.78 Å². The molecule has 0 aliphatic rings. The van der Waals surface area contributed by atoms with Crippen LogP contribution < -0.4 is 5.73 Å². The van der Waals surface area contributed by atoms with Crippen molar-refractivity contribution in [2.45, 2.75) is 33.1 Å². The maximum atomic E-state index is 13.3. The van der Waals surface area contributed by atoms with E-state index < -0.39 is 5.82 Å². The summed E-state index contributed by atoms with van der Waals surface area (Å²) in [4.78, 5) is 23.4. The number of carbonyl (C=O) groups excluding carboxylic acids is 2. The predicted molar refractivity (Wildman–Crippen MR) is 73.8 cm³/mol. The molecule has 5 heteroatoms. The van der Waals surface area contributed by atoms with Gasteiger partial charge in [0.2, 0.25) is 0 Å². The maximum Gasteiger partial charge on any atom is 0.164 e. The number of carbonyl (C=O) groups is 2. The third kappa shape index (κ3) is 4.63. The standard InChI is InChI=1S/C14H17ClFNO2/c1-8(2)5-10(18)3-4-13(19)11-6-9(17)7-12(16)14(11)15/h6-8H,3-5,17H2,1-2H3. The summed E-state index contributed by atoms with van der Waals surface area (Å²) in [6, 6.07) is 2.39. The van der Waals surface area contributed by atoms with Crippen molar-refractivity contribution in [2.24, 2.45) is 5.92 Å². The molecular formula is C14H17ClFNO2. The van der Waals surface area contributed by atoms with Gasteiger partial charge in [-0.25, -0.2) is 4.39 Å². The summed E-state index contributed by atoms with van der Waals surface area (Å²) < 4.78 is 13.3. The normalized spacial score (nSPS) is 10.8. The minimum atomic E-state index is -0.724. The molecule has 104 valence electrons. The number of halogens is 2. The Labute approximate surface area is 116 Å². The molecule has 0 aliphatic heterocycles. The number of hydrogen-bond acceptors (Lipinski definition) is 3. The zero-order valence-electron chi connectivity index (χ0n) is 11.0. The van der Waals surface area contributed by atoms with E-state index in [0.29, 0.717) is 6.42 Å². The number of rotatable bonds is 6. The largest absolute Gasteiger partial charge is 0.399 e. The van der Waals surface area contributed by atoms with Crippen LogP contribution in [-0.4, -0.2) is 11.6 Å². The molecule has 1 aromatic rings. The highest BCUT2D eigenvalue weighted by molar-refractivity contribution is 6.34. The monoisotopic (exact) mass is 285 g/mol. The van der Waals surface area contributed by atoms with E-state index in [4.69, 9.17) is 17.3 Å². The lowest BCUT2D eigenvalue weighted by molar-refractivity contribution is -0.119. The zero-order valence-corrected chi connectivity index (χ0v) is 11.8. The van der Waals surface area contributed by atoms with E-state index >= 15 is 0 Å². The molecule has 0 fully saturated rings. The van der Waals surface area contributed by atoms with Crippen molar-refractivity contribution >= 4 is 28.9 Å². The first-order valence-electron chi connectivity index (χ1n) is 6.10. The van der Waals surface area contributed by atoms with Crippen molar-refractivity contribution in [3.05, 3.63) is 28.5 Å². The zero-order chi connectivity index (χ0) is 14.6. The fourth-order valence-electron chi connectivity index (χ4n) is 1.76. The highest BCUT2D eigenvalue weighted by atomic mass is 35.5. The van der Waals surface area contributed by atoms with E-state index in [1.54, 1.807) is 0 Å². The smallest absolute Gasteiger partial charge is 0.164 e. The summed E-state index contributed by atoms with van der Waals surface area (Å²) in [7, 11) is 0. The summed E-state index contributed by atoms with van der Waals surface area (Å²) in [6.45, 7) is 3.87. The number of ketones is 2. The molecule has 0 bridgehead atoms. The Hall–Kier alpha value is -1.42. The van der Waals surface area contributed by atoms with Gasteiger partial charge in [-0.2, -0.15) is 0 Å². The van der Waals surface area contributed by atoms with Crippen molar-refractivity contribution in [1.29, 1.82) is 0 Å². The Balaban J connectivity index is 2.72. The van der Waals surface area contributed by atoms with Gasteiger partial charge in [0.25, 0.3) is 0 Å². The van der Waals surface area contributed by atoms with E-state index in [-0.39, 0.29) is 46.6 Å². The molecule has 0 radical (unpaired) electrons. The van der Waals surface area contributed by atoms with Crippen molar-refractivity contribution in [2.75, 3.05) is 5.73 Å². The van der Waals surface area contributed by atoms with Crippen LogP contribution in [0, 0.1) is 11.7 Å². The van der Waals surface area contributed by atoms with Gasteiger partial charge in [-0.05, 0) is 18.1 Å². The van der Waals surface area contributed by atoms with Crippen molar-refractivity contribution < 1.29 is 14.0 Å². The molecule has 1 aromatic carbocycles. The van der Waals surface area contributed by atoms with Crippen LogP contribution in [0.3, 0.4) is 0 Å². The lowest BCUT2D eigenvalue weighted by atomic mass is 10.00. The number of anilines is 1. The Morgan fingerprint density at radius 3 is 2.53 bits per heavy atom. The molecule has 1 rings (SSSR count). The van der Waals surface area contributed by atoms with Crippen molar-refractivity contribution in [1.82, 2.24) is 0 Å². The molecule has 0 aromatic heterocycles. The van der Waals surface area contributed by atoms with E-state index in [1.807, 2.05) is 13.8 Å². The predicted octanol–water partition coefficient (Wildman–Crippen LogP) is 3.64. The van der Waals surface area contributed by atoms with E-state index in [2.05, 4.69) is 0 Å². The van der Waals surface area contributed by atoms with Gasteiger partial charge >= 0.3 is 0 Å². The molecule has 0 atom stereocenters. The second kappa shape index (κ2) is 6.66. The Morgan fingerprint density at radius 2 is 1.95 bits per heavy atom. The van der Waals surface area contributed by atoms with Crippen molar-refractivity contribution in [3.8, 4) is 0 Å². The Bertz CT molecular complexity index is 500. The first-order valence-corrected chi connectivity index (χ1v) is 6.48. The fourth-order valence-corrected chi connectivity index (χ4v) is 1.97. The number of nitrogen functional groups attached to an aromatic ring is 1. The summed E-state index contributed by atoms with van der Waals surface area (Å²) in [5, 5.41) is -0.240. The molecule has 0 aliphatic carbocycles. The van der Waals surface area contributed by atoms with Gasteiger partial charge in [-0.15, -0.1) is 0 Å². The van der Waals surface area contributed by atoms with Crippen LogP contribution in [0.25, 0.3) is 0 Å². The summed E-state index contributed by atoms with van der Waals surface area (Å²) in [6.07, 6.45) is 0.601. The van der Waals surface area contributed by atoms with Gasteiger partial charge in [-0.3, -0.25) is 9.59 Å². The molecular weight excluding hydrogens is 269 g/mol. The molecule has 2 N–H and O–H groups in total. The quantitative estimate of drug-likeness (QED) is 0.641. The number of benzene rings is 1. The molecule has 0 spiro atoms. The van der Waals surface area contributed by atoms with E-state index in [0.717, 1.165) is 6.07 Å². The van der Waals surface area contributed by atoms with Crippen LogP contribution in [0.5, 0.6) is 0 Å². The summed E-state index contributed by atoms with van der Waals surface area (Å²) in [5.74, 6) is -0.813. The Morgan fingerprint density at radius 1 is 1.32 bits per heavy atom. The van der Waals surface area contributed by atoms with Crippen molar-refractivity contribution in [3.63, 3.8) is 0 Å². The highest BCUT2D eigenvalue weighted by Crippen LogP contribution is 2.25. The van der Waals surface area contributed by atoms with Crippen LogP contribution in [0.15, 0.2) is 12.1 Å². The minimum absolute atomic E-state index is 0.0175. The molecule has 0 amide bonds. The van der Waals surface area contributed by atoms with Crippen LogP contribution in [0.4, 0.5) is 10.1 Å². The van der Waals surface area contributed by atoms with Crippen LogP contribution in [0.1, 0.15) is 43.5 Å². The molecule has 0 saturated heterocycles. The number of Topliss-reactive ketones (excluding diaryl/α,β-unsaturated/α-hetero) is 2. The van der Waals surface area contributed by atoms with Crippen LogP contribution >= 0.6 is 11.6 Å². The highest BCUT2D eigenvalue weighted by Gasteiger charge is 2.16. The average molecular weight is 286 g/mol. The fraction of sp³-hybridized carbons (Fsp3) is 0.429. The van der Waals surface area contributed by atoms with Crippen LogP contribution in [0.2, 0.25) is 5.02 Å². The first kappa shape index (κ1) is 15.6. The maximum absolute atomic E-state index is 13.3. The molecule has 19 heavy (non-hydrogen) atoms. The first-order chi connectivity index (χ1) is 8.81. The molecule has 3 nitrogen and oxygen atoms in total. The second-order valence-electron chi connectivity index (χ2n) is 4.92. The van der Waals surface area contributed by atoms with Gasteiger partial charge < -0.3 is 5.73 Å². The molecule has 0 unspecified atom stereocenters. The van der Waals surface area contributed by atoms with Crippen LogP contribution in [-0.2, 0) is 4.79 Å². The number of hydrogen-bond donors (Lipinski definition) is 1. The summed E-state index contributed by atoms with van der Waals surface area (Å²) >= 11 is 5.72. The average Bonchev–Trinajstić information content (AvgIpc) is 2.29. The topological polar surface area (TPSA) is 60.2 Å². The number of nitrogens with two attached hydrogens (primary N) is 1. The van der Waals surface area contributed by atoms with Gasteiger partial charge in [0, 0.05) is 30.5 Å². The lowest BCUT2D eigenvalue weighted by Crippen LogP contribution is -2.08. The van der Waals surface area contributed by atoms with Gasteiger partial charge in [0.1, 0.15) is 11.6 Å². The molecule has 0 heterocycles. The van der Waals surface area contributed by atoms with Gasteiger partial charge in [-0.1, -0.05) is 25.4 Å². The Kier molecular flexibility index (Phi) is 5.48. The third-order valence-electron chi connectivity index (χ3n) is 2.62. The minimum Gasteiger partial charge on any atom is -0.399 e. The van der Waals surface area contributed by atoms with E-state index in [9.17, 15) is 14.0 Å². The summed E-state index contributed by atoms with van der Waals surface area (Å²) in [5.41, 5.74) is 5.65. The van der Waals surface area contributed by atoms with E-state index in [1.165, 1.54) is 6.07 Å². The SMILES string of the molecule is CC(C)CC(=O)CCC(=O)c1cc(N)cc(F)c1Cl. The van der Waals surface area contributed by atoms with Gasteiger partial charge in [0.05, 0.1) is 5.02 Å². The third-order valence-corrected chi connectivity index (χ3v) is 3.00. The molecule has 0 saturated carbocycles. The lowest BCUT2D eigenvalue weighted by Gasteiger charge is -2.07.